The fourth-order valence-corrected chi connectivity index (χ4v) is 4.27. The van der Waals surface area contributed by atoms with E-state index in [-0.39, 0.29) is 11.5 Å². The van der Waals surface area contributed by atoms with Crippen molar-refractivity contribution in [3.05, 3.63) is 24.3 Å². The first kappa shape index (κ1) is 14.1. The molecule has 2 nitrogen and oxygen atoms in total. The highest BCUT2D eigenvalue weighted by Gasteiger charge is 2.59. The molecule has 20 heavy (non-hydrogen) atoms. The summed E-state index contributed by atoms with van der Waals surface area (Å²) in [5.41, 5.74) is 4.29. The average Bonchev–Trinajstić information content (AvgIpc) is 2.82. The highest BCUT2D eigenvalue weighted by Crippen LogP contribution is 2.55. The molecule has 0 aromatic carbocycles. The van der Waals surface area contributed by atoms with Crippen LogP contribution in [-0.4, -0.2) is 24.8 Å². The number of rotatable bonds is 1. The lowest BCUT2D eigenvalue weighted by molar-refractivity contribution is -0.217. The normalized spacial score (nSPS) is 47.8. The van der Waals surface area contributed by atoms with Crippen molar-refractivity contribution < 1.29 is 13.2 Å². The Bertz CT molecular complexity index is 457. The minimum atomic E-state index is -4.23. The lowest BCUT2D eigenvalue weighted by atomic mass is 9.67. The van der Waals surface area contributed by atoms with E-state index in [4.69, 9.17) is 5.73 Å². The van der Waals surface area contributed by atoms with Gasteiger partial charge in [-0.05, 0) is 44.1 Å². The van der Waals surface area contributed by atoms with Crippen molar-refractivity contribution in [3.63, 3.8) is 0 Å². The quantitative estimate of drug-likeness (QED) is 0.777. The molecule has 0 bridgehead atoms. The predicted molar refractivity (Wildman–Crippen MR) is 71.9 cm³/mol. The van der Waals surface area contributed by atoms with Gasteiger partial charge in [-0.15, -0.1) is 0 Å². The molecule has 1 aliphatic heterocycles. The topological polar surface area (TPSA) is 38.0 Å². The molecule has 5 atom stereocenters. The Morgan fingerprint density at radius 3 is 2.70 bits per heavy atom. The zero-order valence-corrected chi connectivity index (χ0v) is 11.6. The van der Waals surface area contributed by atoms with Crippen LogP contribution in [-0.2, 0) is 0 Å². The van der Waals surface area contributed by atoms with Crippen LogP contribution in [0, 0.1) is 23.2 Å². The molecule has 2 aliphatic carbocycles. The molecule has 0 aromatic rings. The average molecular weight is 286 g/mol. The number of nitrogens with one attached hydrogen (secondary N) is 1. The zero-order valence-electron chi connectivity index (χ0n) is 11.6. The van der Waals surface area contributed by atoms with Crippen LogP contribution in [0.25, 0.3) is 0 Å². The third kappa shape index (κ3) is 1.94. The van der Waals surface area contributed by atoms with E-state index in [1.165, 1.54) is 19.1 Å². The third-order valence-corrected chi connectivity index (χ3v) is 5.57. The van der Waals surface area contributed by atoms with Crippen LogP contribution < -0.4 is 11.1 Å². The van der Waals surface area contributed by atoms with E-state index in [1.807, 2.05) is 0 Å². The van der Waals surface area contributed by atoms with Crippen LogP contribution in [0.2, 0.25) is 0 Å². The first-order chi connectivity index (χ1) is 9.26. The lowest BCUT2D eigenvalue weighted by Crippen LogP contribution is -2.46. The number of nitrogens with two attached hydrogens (primary N) is 1. The maximum atomic E-state index is 13.5. The van der Waals surface area contributed by atoms with E-state index in [2.05, 4.69) is 5.32 Å². The van der Waals surface area contributed by atoms with Gasteiger partial charge in [0.25, 0.3) is 0 Å². The Labute approximate surface area is 117 Å². The van der Waals surface area contributed by atoms with Crippen molar-refractivity contribution in [2.75, 3.05) is 13.1 Å². The van der Waals surface area contributed by atoms with Crippen LogP contribution >= 0.6 is 0 Å². The van der Waals surface area contributed by atoms with Gasteiger partial charge in [0.1, 0.15) is 0 Å². The molecule has 0 spiro atoms. The summed E-state index contributed by atoms with van der Waals surface area (Å²) in [4.78, 5) is 0. The Hall–Kier alpha value is -0.810. The molecule has 5 heteroatoms. The van der Waals surface area contributed by atoms with Crippen LogP contribution in [0.3, 0.4) is 0 Å². The van der Waals surface area contributed by atoms with Crippen LogP contribution in [0.4, 0.5) is 13.2 Å². The Morgan fingerprint density at radius 2 is 2.05 bits per heavy atom. The minimum absolute atomic E-state index is 0.0138. The van der Waals surface area contributed by atoms with Crippen LogP contribution in [0.15, 0.2) is 24.3 Å². The molecule has 1 saturated heterocycles. The standard InChI is InChI=1S/C15H21F3N2/c1-13(15(16,17)18)5-3-2-4-12(13)10-6-11-8-20-9-14(11,19)7-10/h2-5,10-12,20H,6-9,19H2,1H3. The minimum Gasteiger partial charge on any atom is -0.324 e. The SMILES string of the molecule is CC1(C(F)(F)F)C=CC=CC1C1CC2CNCC2(N)C1. The van der Waals surface area contributed by atoms with Gasteiger partial charge in [0.05, 0.1) is 5.41 Å². The second-order valence-corrected chi connectivity index (χ2v) is 6.81. The molecule has 0 amide bonds. The molecule has 112 valence electrons. The monoisotopic (exact) mass is 286 g/mol. The van der Waals surface area contributed by atoms with E-state index in [0.717, 1.165) is 19.5 Å². The second-order valence-electron chi connectivity index (χ2n) is 6.81. The van der Waals surface area contributed by atoms with Gasteiger partial charge in [-0.25, -0.2) is 0 Å². The second kappa shape index (κ2) is 4.34. The van der Waals surface area contributed by atoms with E-state index in [9.17, 15) is 13.2 Å². The highest BCUT2D eigenvalue weighted by atomic mass is 19.4. The van der Waals surface area contributed by atoms with Crippen LogP contribution in [0.1, 0.15) is 19.8 Å². The van der Waals surface area contributed by atoms with E-state index in [1.54, 1.807) is 12.2 Å². The molecule has 1 heterocycles. The molecule has 1 saturated carbocycles. The number of hydrogen-bond acceptors (Lipinski definition) is 2. The molecule has 3 rings (SSSR count). The molecule has 0 radical (unpaired) electrons. The first-order valence-electron chi connectivity index (χ1n) is 7.19. The van der Waals surface area contributed by atoms with Gasteiger partial charge in [-0.2, -0.15) is 13.2 Å². The summed E-state index contributed by atoms with van der Waals surface area (Å²) >= 11 is 0. The number of allylic oxidation sites excluding steroid dienone is 4. The van der Waals surface area contributed by atoms with E-state index < -0.39 is 17.5 Å². The number of fused-ring (bicyclic) bond motifs is 1. The largest absolute Gasteiger partial charge is 0.398 e. The van der Waals surface area contributed by atoms with Crippen molar-refractivity contribution in [2.24, 2.45) is 28.9 Å². The van der Waals surface area contributed by atoms with Crippen molar-refractivity contribution >= 4 is 0 Å². The van der Waals surface area contributed by atoms with E-state index in [0.29, 0.717) is 12.3 Å². The summed E-state index contributed by atoms with van der Waals surface area (Å²) in [5.74, 6) is -0.178. The number of hydrogen-bond donors (Lipinski definition) is 2. The van der Waals surface area contributed by atoms with Gasteiger partial charge < -0.3 is 11.1 Å². The molecular weight excluding hydrogens is 265 g/mol. The molecular formula is C15H21F3N2. The van der Waals surface area contributed by atoms with Gasteiger partial charge >= 0.3 is 6.18 Å². The lowest BCUT2D eigenvalue weighted by Gasteiger charge is -2.40. The number of alkyl halides is 3. The van der Waals surface area contributed by atoms with Gasteiger partial charge in [0.15, 0.2) is 0 Å². The maximum absolute atomic E-state index is 13.5. The fraction of sp³-hybridized carbons (Fsp3) is 0.733. The van der Waals surface area contributed by atoms with Crippen LogP contribution in [0.5, 0.6) is 0 Å². The summed E-state index contributed by atoms with van der Waals surface area (Å²) < 4.78 is 40.5. The van der Waals surface area contributed by atoms with Crippen molar-refractivity contribution in [3.8, 4) is 0 Å². The van der Waals surface area contributed by atoms with Gasteiger partial charge in [-0.3, -0.25) is 0 Å². The van der Waals surface area contributed by atoms with Crippen molar-refractivity contribution in [1.29, 1.82) is 0 Å². The highest BCUT2D eigenvalue weighted by molar-refractivity contribution is 5.24. The van der Waals surface area contributed by atoms with Gasteiger partial charge in [0.2, 0.25) is 0 Å². The fourth-order valence-electron chi connectivity index (χ4n) is 4.27. The molecule has 5 unspecified atom stereocenters. The molecule has 3 aliphatic rings. The third-order valence-electron chi connectivity index (χ3n) is 5.57. The summed E-state index contributed by atoms with van der Waals surface area (Å²) in [5, 5.41) is 3.26. The smallest absolute Gasteiger partial charge is 0.324 e. The molecule has 0 aromatic heterocycles. The summed E-state index contributed by atoms with van der Waals surface area (Å²) in [6.45, 7) is 2.87. The first-order valence-corrected chi connectivity index (χ1v) is 7.19. The predicted octanol–water partition coefficient (Wildman–Crippen LogP) is 2.62. The number of halogens is 3. The Balaban J connectivity index is 1.87. The van der Waals surface area contributed by atoms with Crippen molar-refractivity contribution in [1.82, 2.24) is 5.32 Å². The Morgan fingerprint density at radius 1 is 1.30 bits per heavy atom. The van der Waals surface area contributed by atoms with Gasteiger partial charge in [-0.1, -0.05) is 24.3 Å². The summed E-state index contributed by atoms with van der Waals surface area (Å²) in [6.07, 6.45) is 3.55. The summed E-state index contributed by atoms with van der Waals surface area (Å²) in [6, 6.07) is 0. The van der Waals surface area contributed by atoms with E-state index >= 15 is 0 Å². The zero-order chi connectivity index (χ0) is 14.6. The molecule has 3 N–H and O–H groups in total. The van der Waals surface area contributed by atoms with Crippen molar-refractivity contribution in [2.45, 2.75) is 31.5 Å². The molecule has 2 fully saturated rings. The Kier molecular flexibility index (Phi) is 3.07. The maximum Gasteiger partial charge on any atom is 0.398 e. The van der Waals surface area contributed by atoms with Gasteiger partial charge in [0, 0.05) is 12.1 Å². The summed E-state index contributed by atoms with van der Waals surface area (Å²) in [7, 11) is 0.